The molecule has 0 aliphatic heterocycles. The summed E-state index contributed by atoms with van der Waals surface area (Å²) < 4.78 is 5.68. The first-order valence-corrected chi connectivity index (χ1v) is 6.72. The Kier molecular flexibility index (Phi) is 3.11. The smallest absolute Gasteiger partial charge is 0.135 e. The van der Waals surface area contributed by atoms with Crippen LogP contribution in [0.1, 0.15) is 13.3 Å². The largest absolute Gasteiger partial charge is 0.507 e. The van der Waals surface area contributed by atoms with E-state index >= 15 is 0 Å². The number of aromatic hydroxyl groups is 2. The fraction of sp³-hybridized carbons (Fsp3) is 0.176. The maximum Gasteiger partial charge on any atom is 0.135 e. The SMILES string of the molecule is CCCOc1cccc2c(O)c3ccccc3c(O)c12. The first-order chi connectivity index (χ1) is 9.74. The van der Waals surface area contributed by atoms with Crippen molar-refractivity contribution in [1.82, 2.24) is 0 Å². The Morgan fingerprint density at radius 3 is 2.20 bits per heavy atom. The number of phenols is 2. The highest BCUT2D eigenvalue weighted by Gasteiger charge is 2.15. The van der Waals surface area contributed by atoms with Crippen molar-refractivity contribution in [2.24, 2.45) is 0 Å². The van der Waals surface area contributed by atoms with E-state index in [1.165, 1.54) is 0 Å². The zero-order valence-corrected chi connectivity index (χ0v) is 11.3. The maximum atomic E-state index is 10.5. The Bertz CT molecular complexity index is 778. The van der Waals surface area contributed by atoms with Crippen molar-refractivity contribution in [3.8, 4) is 17.2 Å². The van der Waals surface area contributed by atoms with E-state index in [-0.39, 0.29) is 11.5 Å². The molecule has 3 aromatic rings. The molecule has 0 atom stereocenters. The van der Waals surface area contributed by atoms with Crippen LogP contribution in [0.4, 0.5) is 0 Å². The van der Waals surface area contributed by atoms with Crippen molar-refractivity contribution in [1.29, 1.82) is 0 Å². The van der Waals surface area contributed by atoms with E-state index in [2.05, 4.69) is 0 Å². The van der Waals surface area contributed by atoms with Crippen molar-refractivity contribution in [3.05, 3.63) is 42.5 Å². The van der Waals surface area contributed by atoms with Gasteiger partial charge in [-0.1, -0.05) is 43.3 Å². The van der Waals surface area contributed by atoms with Gasteiger partial charge in [0.2, 0.25) is 0 Å². The lowest BCUT2D eigenvalue weighted by molar-refractivity contribution is 0.320. The monoisotopic (exact) mass is 268 g/mol. The average Bonchev–Trinajstić information content (AvgIpc) is 2.50. The lowest BCUT2D eigenvalue weighted by Gasteiger charge is -2.13. The van der Waals surface area contributed by atoms with E-state index in [0.29, 0.717) is 33.9 Å². The number of fused-ring (bicyclic) bond motifs is 2. The lowest BCUT2D eigenvalue weighted by Crippen LogP contribution is -1.96. The third-order valence-electron chi connectivity index (χ3n) is 3.42. The van der Waals surface area contributed by atoms with Gasteiger partial charge in [0, 0.05) is 16.2 Å². The number of ether oxygens (including phenoxy) is 1. The van der Waals surface area contributed by atoms with Crippen LogP contribution < -0.4 is 4.74 Å². The molecule has 20 heavy (non-hydrogen) atoms. The average molecular weight is 268 g/mol. The molecule has 0 fully saturated rings. The predicted molar refractivity (Wildman–Crippen MR) is 80.6 cm³/mol. The zero-order valence-electron chi connectivity index (χ0n) is 11.3. The summed E-state index contributed by atoms with van der Waals surface area (Å²) in [5, 5.41) is 23.4. The van der Waals surface area contributed by atoms with Crippen LogP contribution in [0.5, 0.6) is 17.2 Å². The van der Waals surface area contributed by atoms with E-state index in [0.717, 1.165) is 6.42 Å². The van der Waals surface area contributed by atoms with Crippen LogP contribution in [0, 0.1) is 0 Å². The third kappa shape index (κ3) is 1.83. The first kappa shape index (κ1) is 12.6. The summed E-state index contributed by atoms with van der Waals surface area (Å²) in [7, 11) is 0. The Hall–Kier alpha value is -2.42. The van der Waals surface area contributed by atoms with Gasteiger partial charge in [-0.2, -0.15) is 0 Å². The summed E-state index contributed by atoms with van der Waals surface area (Å²) in [6.07, 6.45) is 0.886. The van der Waals surface area contributed by atoms with Crippen molar-refractivity contribution in [2.45, 2.75) is 13.3 Å². The van der Waals surface area contributed by atoms with Gasteiger partial charge in [0.25, 0.3) is 0 Å². The van der Waals surface area contributed by atoms with Gasteiger partial charge in [-0.3, -0.25) is 0 Å². The Balaban J connectivity index is 2.40. The van der Waals surface area contributed by atoms with Gasteiger partial charge in [-0.25, -0.2) is 0 Å². The molecule has 0 unspecified atom stereocenters. The first-order valence-electron chi connectivity index (χ1n) is 6.72. The van der Waals surface area contributed by atoms with Crippen molar-refractivity contribution in [2.75, 3.05) is 6.61 Å². The molecular weight excluding hydrogens is 252 g/mol. The molecule has 0 saturated heterocycles. The van der Waals surface area contributed by atoms with Gasteiger partial charge in [0.05, 0.1) is 12.0 Å². The second kappa shape index (κ2) is 4.93. The van der Waals surface area contributed by atoms with Crippen molar-refractivity contribution < 1.29 is 14.9 Å². The molecule has 3 heteroatoms. The summed E-state index contributed by atoms with van der Waals surface area (Å²) in [5.74, 6) is 0.929. The van der Waals surface area contributed by atoms with Crippen LogP contribution in [-0.4, -0.2) is 16.8 Å². The molecule has 0 bridgehead atoms. The van der Waals surface area contributed by atoms with Crippen LogP contribution in [0.2, 0.25) is 0 Å². The van der Waals surface area contributed by atoms with E-state index in [9.17, 15) is 10.2 Å². The summed E-state index contributed by atoms with van der Waals surface area (Å²) in [4.78, 5) is 0. The van der Waals surface area contributed by atoms with E-state index in [1.54, 1.807) is 18.2 Å². The Morgan fingerprint density at radius 2 is 1.50 bits per heavy atom. The summed E-state index contributed by atoms with van der Waals surface area (Å²) in [6, 6.07) is 12.7. The molecular formula is C17H16O3. The zero-order chi connectivity index (χ0) is 14.1. The van der Waals surface area contributed by atoms with Crippen molar-refractivity contribution >= 4 is 21.5 Å². The fourth-order valence-corrected chi connectivity index (χ4v) is 2.48. The van der Waals surface area contributed by atoms with Crippen LogP contribution in [0.3, 0.4) is 0 Å². The number of hydrogen-bond acceptors (Lipinski definition) is 3. The maximum absolute atomic E-state index is 10.5. The molecule has 0 aliphatic rings. The molecule has 102 valence electrons. The van der Waals surface area contributed by atoms with E-state index in [4.69, 9.17) is 4.74 Å². The molecule has 0 amide bonds. The van der Waals surface area contributed by atoms with Crippen LogP contribution in [0.15, 0.2) is 42.5 Å². The minimum Gasteiger partial charge on any atom is -0.507 e. The Labute approximate surface area is 117 Å². The molecule has 0 spiro atoms. The lowest BCUT2D eigenvalue weighted by atomic mass is 10.00. The molecule has 2 N–H and O–H groups in total. The van der Waals surface area contributed by atoms with Gasteiger partial charge < -0.3 is 14.9 Å². The molecule has 0 aromatic heterocycles. The summed E-state index contributed by atoms with van der Waals surface area (Å²) in [6.45, 7) is 2.60. The quantitative estimate of drug-likeness (QED) is 0.553. The highest BCUT2D eigenvalue weighted by atomic mass is 16.5. The normalized spacial score (nSPS) is 11.1. The molecule has 3 aromatic carbocycles. The molecule has 3 nitrogen and oxygen atoms in total. The van der Waals surface area contributed by atoms with Crippen LogP contribution in [0.25, 0.3) is 21.5 Å². The standard InChI is InChI=1S/C17H16O3/c1-2-10-20-14-9-5-8-13-15(14)17(19)12-7-4-3-6-11(12)16(13)18/h3-9,18-19H,2,10H2,1H3. The predicted octanol–water partition coefficient (Wildman–Crippen LogP) is 4.19. The number of phenolic OH excluding ortho intramolecular Hbond substituents is 2. The van der Waals surface area contributed by atoms with Crippen molar-refractivity contribution in [3.63, 3.8) is 0 Å². The summed E-state index contributed by atoms with van der Waals surface area (Å²) in [5.41, 5.74) is 0. The second-order valence-electron chi connectivity index (χ2n) is 4.77. The van der Waals surface area contributed by atoms with Crippen LogP contribution >= 0.6 is 0 Å². The van der Waals surface area contributed by atoms with Gasteiger partial charge in [0.15, 0.2) is 0 Å². The molecule has 3 rings (SSSR count). The minimum absolute atomic E-state index is 0.153. The molecule has 0 radical (unpaired) electrons. The third-order valence-corrected chi connectivity index (χ3v) is 3.42. The Morgan fingerprint density at radius 1 is 0.850 bits per heavy atom. The van der Waals surface area contributed by atoms with Gasteiger partial charge >= 0.3 is 0 Å². The second-order valence-corrected chi connectivity index (χ2v) is 4.77. The molecule has 0 aliphatic carbocycles. The number of benzene rings is 3. The van der Waals surface area contributed by atoms with E-state index in [1.807, 2.05) is 31.2 Å². The summed E-state index contributed by atoms with van der Waals surface area (Å²) >= 11 is 0. The van der Waals surface area contributed by atoms with E-state index < -0.39 is 0 Å². The van der Waals surface area contributed by atoms with Gasteiger partial charge in [-0.15, -0.1) is 0 Å². The van der Waals surface area contributed by atoms with Gasteiger partial charge in [0.1, 0.15) is 17.2 Å². The topological polar surface area (TPSA) is 49.7 Å². The highest BCUT2D eigenvalue weighted by Crippen LogP contribution is 2.44. The van der Waals surface area contributed by atoms with Crippen LogP contribution in [-0.2, 0) is 0 Å². The van der Waals surface area contributed by atoms with Gasteiger partial charge in [-0.05, 0) is 12.5 Å². The number of hydrogen-bond donors (Lipinski definition) is 2. The molecule has 0 saturated carbocycles. The highest BCUT2D eigenvalue weighted by molar-refractivity contribution is 6.12. The number of rotatable bonds is 3. The fourth-order valence-electron chi connectivity index (χ4n) is 2.48. The molecule has 0 heterocycles. The minimum atomic E-state index is 0.153.